The third kappa shape index (κ3) is 2.92. The number of hydrogen-bond donors (Lipinski definition) is 0. The first-order chi connectivity index (χ1) is 11.5. The summed E-state index contributed by atoms with van der Waals surface area (Å²) in [5, 5.41) is 0. The van der Waals surface area contributed by atoms with Gasteiger partial charge in [-0.15, -0.1) is 0 Å². The fourth-order valence-electron chi connectivity index (χ4n) is 3.49. The van der Waals surface area contributed by atoms with Gasteiger partial charge in [-0.25, -0.2) is 9.78 Å². The van der Waals surface area contributed by atoms with Gasteiger partial charge in [-0.2, -0.15) is 0 Å². The van der Waals surface area contributed by atoms with Gasteiger partial charge in [-0.3, -0.25) is 18.8 Å². The van der Waals surface area contributed by atoms with Gasteiger partial charge in [0.15, 0.2) is 11.2 Å². The molecule has 2 aromatic rings. The molecule has 0 amide bonds. The summed E-state index contributed by atoms with van der Waals surface area (Å²) in [7, 11) is 3.22. The van der Waals surface area contributed by atoms with Crippen molar-refractivity contribution in [2.24, 2.45) is 14.1 Å². The molecular weight excluding hydrogens is 306 g/mol. The van der Waals surface area contributed by atoms with Gasteiger partial charge in [0.2, 0.25) is 0 Å². The van der Waals surface area contributed by atoms with Crippen molar-refractivity contribution in [3.8, 4) is 0 Å². The van der Waals surface area contributed by atoms with Gasteiger partial charge in [-0.05, 0) is 32.4 Å². The van der Waals surface area contributed by atoms with E-state index in [1.54, 1.807) is 7.05 Å². The highest BCUT2D eigenvalue weighted by atomic mass is 16.2. The SMILES string of the molecule is CCCCn1c(CN2CCCCC2)nc2c1c(=O)n(C)c(=O)n2C. The van der Waals surface area contributed by atoms with Crippen molar-refractivity contribution in [1.29, 1.82) is 0 Å². The zero-order valence-electron chi connectivity index (χ0n) is 14.9. The van der Waals surface area contributed by atoms with Crippen molar-refractivity contribution in [1.82, 2.24) is 23.6 Å². The van der Waals surface area contributed by atoms with E-state index in [0.717, 1.165) is 44.8 Å². The summed E-state index contributed by atoms with van der Waals surface area (Å²) < 4.78 is 4.70. The summed E-state index contributed by atoms with van der Waals surface area (Å²) in [4.78, 5) is 32.0. The molecular formula is C17H27N5O2. The lowest BCUT2D eigenvalue weighted by Crippen LogP contribution is -2.37. The highest BCUT2D eigenvalue weighted by molar-refractivity contribution is 5.71. The summed E-state index contributed by atoms with van der Waals surface area (Å²) in [6, 6.07) is 0. The van der Waals surface area contributed by atoms with Crippen LogP contribution < -0.4 is 11.2 Å². The lowest BCUT2D eigenvalue weighted by atomic mass is 10.1. The fraction of sp³-hybridized carbons (Fsp3) is 0.706. The zero-order chi connectivity index (χ0) is 17.3. The van der Waals surface area contributed by atoms with Gasteiger partial charge in [0.25, 0.3) is 5.56 Å². The van der Waals surface area contributed by atoms with E-state index >= 15 is 0 Å². The van der Waals surface area contributed by atoms with Crippen molar-refractivity contribution in [3.63, 3.8) is 0 Å². The number of hydrogen-bond acceptors (Lipinski definition) is 4. The van der Waals surface area contributed by atoms with Crippen LogP contribution in [0.1, 0.15) is 44.9 Å². The molecule has 0 spiro atoms. The minimum Gasteiger partial charge on any atom is -0.321 e. The molecule has 0 aliphatic carbocycles. The van der Waals surface area contributed by atoms with Crippen molar-refractivity contribution in [3.05, 3.63) is 26.7 Å². The number of nitrogens with zero attached hydrogens (tertiary/aromatic N) is 5. The van der Waals surface area contributed by atoms with Crippen LogP contribution in [0.2, 0.25) is 0 Å². The van der Waals surface area contributed by atoms with Crippen molar-refractivity contribution >= 4 is 11.2 Å². The smallest absolute Gasteiger partial charge is 0.321 e. The molecule has 132 valence electrons. The maximum atomic E-state index is 12.7. The lowest BCUT2D eigenvalue weighted by molar-refractivity contribution is 0.213. The first kappa shape index (κ1) is 17.0. The number of fused-ring (bicyclic) bond motifs is 1. The molecule has 7 heteroatoms. The molecule has 0 unspecified atom stereocenters. The average Bonchev–Trinajstić information content (AvgIpc) is 2.95. The number of imidazole rings is 1. The Hall–Kier alpha value is -1.89. The maximum absolute atomic E-state index is 12.7. The predicted molar refractivity (Wildman–Crippen MR) is 94.3 cm³/mol. The van der Waals surface area contributed by atoms with Gasteiger partial charge in [0.1, 0.15) is 5.82 Å². The Balaban J connectivity index is 2.13. The van der Waals surface area contributed by atoms with Gasteiger partial charge in [-0.1, -0.05) is 19.8 Å². The van der Waals surface area contributed by atoms with Crippen molar-refractivity contribution in [2.45, 2.75) is 52.1 Å². The Morgan fingerprint density at radius 3 is 2.42 bits per heavy atom. The number of likely N-dealkylation sites (tertiary alicyclic amines) is 1. The first-order valence-corrected chi connectivity index (χ1v) is 8.92. The molecule has 1 saturated heterocycles. The standard InChI is InChI=1S/C17H27N5O2/c1-4-5-11-22-13(12-21-9-7-6-8-10-21)18-15-14(22)16(23)20(3)17(24)19(15)2/h4-12H2,1-3H3. The molecule has 0 radical (unpaired) electrons. The molecule has 7 nitrogen and oxygen atoms in total. The van der Waals surface area contributed by atoms with Crippen LogP contribution in [-0.2, 0) is 27.2 Å². The molecule has 0 aromatic carbocycles. The number of unbranched alkanes of at least 4 members (excludes halogenated alkanes) is 1. The second kappa shape index (κ2) is 6.93. The van der Waals surface area contributed by atoms with Crippen LogP contribution in [0.3, 0.4) is 0 Å². The average molecular weight is 333 g/mol. The van der Waals surface area contributed by atoms with Crippen LogP contribution in [0.15, 0.2) is 9.59 Å². The second-order valence-electron chi connectivity index (χ2n) is 6.75. The summed E-state index contributed by atoms with van der Waals surface area (Å²) in [5.41, 5.74) is 0.491. The first-order valence-electron chi connectivity index (χ1n) is 8.92. The largest absolute Gasteiger partial charge is 0.332 e. The van der Waals surface area contributed by atoms with Crippen molar-refractivity contribution in [2.75, 3.05) is 13.1 Å². The molecule has 3 rings (SSSR count). The van der Waals surface area contributed by atoms with E-state index in [1.807, 2.05) is 4.57 Å². The molecule has 2 aromatic heterocycles. The van der Waals surface area contributed by atoms with E-state index in [0.29, 0.717) is 11.2 Å². The highest BCUT2D eigenvalue weighted by Crippen LogP contribution is 2.17. The van der Waals surface area contributed by atoms with Crippen LogP contribution in [0.4, 0.5) is 0 Å². The number of aromatic nitrogens is 4. The van der Waals surface area contributed by atoms with E-state index in [2.05, 4.69) is 11.8 Å². The minimum atomic E-state index is -0.322. The fourth-order valence-corrected chi connectivity index (χ4v) is 3.49. The van der Waals surface area contributed by atoms with E-state index in [9.17, 15) is 9.59 Å². The van der Waals surface area contributed by atoms with Crippen LogP contribution in [0.25, 0.3) is 11.2 Å². The third-order valence-corrected chi connectivity index (χ3v) is 4.98. The van der Waals surface area contributed by atoms with Gasteiger partial charge in [0, 0.05) is 20.6 Å². The monoisotopic (exact) mass is 333 g/mol. The van der Waals surface area contributed by atoms with E-state index in [-0.39, 0.29) is 11.2 Å². The van der Waals surface area contributed by atoms with E-state index < -0.39 is 0 Å². The Kier molecular flexibility index (Phi) is 4.89. The predicted octanol–water partition coefficient (Wildman–Crippen LogP) is 1.22. The van der Waals surface area contributed by atoms with Gasteiger partial charge in [0.05, 0.1) is 6.54 Å². The lowest BCUT2D eigenvalue weighted by Gasteiger charge is -2.26. The normalized spacial score (nSPS) is 16.1. The molecule has 0 N–H and O–H groups in total. The molecule has 1 fully saturated rings. The number of piperidine rings is 1. The van der Waals surface area contributed by atoms with Crippen LogP contribution in [0.5, 0.6) is 0 Å². The second-order valence-corrected chi connectivity index (χ2v) is 6.75. The van der Waals surface area contributed by atoms with Crippen LogP contribution in [0, 0.1) is 0 Å². The van der Waals surface area contributed by atoms with E-state index in [4.69, 9.17) is 4.98 Å². The van der Waals surface area contributed by atoms with Crippen LogP contribution in [-0.4, -0.2) is 36.7 Å². The topological polar surface area (TPSA) is 65.1 Å². The summed E-state index contributed by atoms with van der Waals surface area (Å²) in [6.07, 6.45) is 5.77. The molecule has 0 atom stereocenters. The van der Waals surface area contributed by atoms with E-state index in [1.165, 1.54) is 35.4 Å². The molecule has 1 aliphatic heterocycles. The Labute approximate surface area is 141 Å². The maximum Gasteiger partial charge on any atom is 0.332 e. The third-order valence-electron chi connectivity index (χ3n) is 4.98. The van der Waals surface area contributed by atoms with Crippen molar-refractivity contribution < 1.29 is 0 Å². The summed E-state index contributed by atoms with van der Waals surface area (Å²) in [6.45, 7) is 5.80. The summed E-state index contributed by atoms with van der Waals surface area (Å²) >= 11 is 0. The minimum absolute atomic E-state index is 0.249. The van der Waals surface area contributed by atoms with Crippen LogP contribution >= 0.6 is 0 Å². The highest BCUT2D eigenvalue weighted by Gasteiger charge is 2.21. The van der Waals surface area contributed by atoms with Gasteiger partial charge < -0.3 is 4.57 Å². The summed E-state index contributed by atoms with van der Waals surface area (Å²) in [5.74, 6) is 0.902. The quantitative estimate of drug-likeness (QED) is 0.825. The molecule has 24 heavy (non-hydrogen) atoms. The molecule has 0 saturated carbocycles. The Morgan fingerprint density at radius 1 is 1.04 bits per heavy atom. The number of aryl methyl sites for hydroxylation is 2. The Bertz CT molecular complexity index is 839. The molecule has 1 aliphatic rings. The molecule has 0 bridgehead atoms. The zero-order valence-corrected chi connectivity index (χ0v) is 14.9. The molecule has 3 heterocycles. The van der Waals surface area contributed by atoms with Gasteiger partial charge >= 0.3 is 5.69 Å². The Morgan fingerprint density at radius 2 is 1.75 bits per heavy atom. The number of rotatable bonds is 5.